The third-order valence-electron chi connectivity index (χ3n) is 3.42. The van der Waals surface area contributed by atoms with Crippen molar-refractivity contribution in [2.45, 2.75) is 13.8 Å². The van der Waals surface area contributed by atoms with Gasteiger partial charge in [0, 0.05) is 18.0 Å². The van der Waals surface area contributed by atoms with E-state index in [-0.39, 0.29) is 11.7 Å². The van der Waals surface area contributed by atoms with Crippen LogP contribution in [0.5, 0.6) is 0 Å². The Hall–Kier alpha value is -1.93. The summed E-state index contributed by atoms with van der Waals surface area (Å²) in [5, 5.41) is 3.22. The summed E-state index contributed by atoms with van der Waals surface area (Å²) in [4.78, 5) is 12.3. The Bertz CT molecular complexity index is 545. The highest BCUT2D eigenvalue weighted by atomic mass is 16.1. The first-order valence-corrected chi connectivity index (χ1v) is 7.12. The molecule has 0 heterocycles. The molecule has 0 bridgehead atoms. The highest BCUT2D eigenvalue weighted by molar-refractivity contribution is 5.98. The Balaban J connectivity index is 2.10. The maximum atomic E-state index is 12.3. The van der Waals surface area contributed by atoms with Crippen LogP contribution in [0.1, 0.15) is 24.2 Å². The van der Waals surface area contributed by atoms with E-state index in [0.29, 0.717) is 0 Å². The van der Waals surface area contributed by atoms with Crippen LogP contribution in [0.25, 0.3) is 11.1 Å². The Kier molecular flexibility index (Phi) is 5.08. The molecule has 0 spiro atoms. The van der Waals surface area contributed by atoms with Crippen molar-refractivity contribution < 1.29 is 4.79 Å². The summed E-state index contributed by atoms with van der Waals surface area (Å²) in [5.41, 5.74) is 3.10. The van der Waals surface area contributed by atoms with Crippen molar-refractivity contribution in [3.63, 3.8) is 0 Å². The summed E-state index contributed by atoms with van der Waals surface area (Å²) in [6, 6.07) is 18.1. The van der Waals surface area contributed by atoms with Crippen LogP contribution in [-0.2, 0) is 0 Å². The quantitative estimate of drug-likeness (QED) is 0.807. The molecule has 1 atom stereocenters. The summed E-state index contributed by atoms with van der Waals surface area (Å²) < 4.78 is 0. The Morgan fingerprint density at radius 1 is 1.00 bits per heavy atom. The molecule has 104 valence electrons. The number of ketones is 1. The van der Waals surface area contributed by atoms with Crippen molar-refractivity contribution in [2.75, 3.05) is 13.1 Å². The number of carbonyl (C=O) groups excluding carboxylic acids is 1. The Morgan fingerprint density at radius 3 is 2.20 bits per heavy atom. The lowest BCUT2D eigenvalue weighted by Crippen LogP contribution is -2.26. The zero-order valence-corrected chi connectivity index (χ0v) is 12.1. The average Bonchev–Trinajstić information content (AvgIpc) is 2.53. The molecule has 2 aromatic carbocycles. The van der Waals surface area contributed by atoms with Gasteiger partial charge in [-0.3, -0.25) is 4.79 Å². The summed E-state index contributed by atoms with van der Waals surface area (Å²) in [5.74, 6) is 0.211. The Labute approximate surface area is 120 Å². The minimum atomic E-state index is 0.0116. The molecule has 2 heteroatoms. The van der Waals surface area contributed by atoms with Crippen molar-refractivity contribution in [3.05, 3.63) is 60.2 Å². The molecule has 0 saturated heterocycles. The lowest BCUT2D eigenvalue weighted by atomic mass is 9.97. The van der Waals surface area contributed by atoms with Crippen LogP contribution in [0, 0.1) is 5.92 Å². The molecule has 1 N–H and O–H groups in total. The van der Waals surface area contributed by atoms with E-state index in [1.165, 1.54) is 5.56 Å². The van der Waals surface area contributed by atoms with Crippen LogP contribution in [-0.4, -0.2) is 18.9 Å². The molecule has 0 radical (unpaired) electrons. The second-order valence-electron chi connectivity index (χ2n) is 5.02. The summed E-state index contributed by atoms with van der Waals surface area (Å²) >= 11 is 0. The lowest BCUT2D eigenvalue weighted by molar-refractivity contribution is 0.0929. The molecule has 0 aliphatic carbocycles. The van der Waals surface area contributed by atoms with Crippen molar-refractivity contribution in [1.29, 1.82) is 0 Å². The largest absolute Gasteiger partial charge is 0.316 e. The fourth-order valence-electron chi connectivity index (χ4n) is 2.20. The number of Topliss-reactive ketones (excluding diaryl/α,β-unsaturated/α-hetero) is 1. The van der Waals surface area contributed by atoms with E-state index < -0.39 is 0 Å². The van der Waals surface area contributed by atoms with Crippen LogP contribution >= 0.6 is 0 Å². The first kappa shape index (κ1) is 14.5. The molecule has 2 rings (SSSR count). The molecule has 0 saturated carbocycles. The van der Waals surface area contributed by atoms with Gasteiger partial charge in [0.25, 0.3) is 0 Å². The summed E-state index contributed by atoms with van der Waals surface area (Å²) in [6.45, 7) is 5.64. The highest BCUT2D eigenvalue weighted by Crippen LogP contribution is 2.20. The van der Waals surface area contributed by atoms with Gasteiger partial charge in [0.15, 0.2) is 5.78 Å². The normalized spacial score (nSPS) is 12.1. The molecule has 2 nitrogen and oxygen atoms in total. The van der Waals surface area contributed by atoms with Gasteiger partial charge >= 0.3 is 0 Å². The standard InChI is InChI=1S/C18H21NO/c1-3-19-13-14(2)18(20)17-11-9-16(10-12-17)15-7-5-4-6-8-15/h4-12,14,19H,3,13H2,1-2H3. The second kappa shape index (κ2) is 7.01. The molecule has 0 amide bonds. The number of carbonyl (C=O) groups is 1. The van der Waals surface area contributed by atoms with E-state index in [0.717, 1.165) is 24.2 Å². The SMILES string of the molecule is CCNCC(C)C(=O)c1ccc(-c2ccccc2)cc1. The van der Waals surface area contributed by atoms with E-state index >= 15 is 0 Å². The van der Waals surface area contributed by atoms with Crippen LogP contribution in [0.4, 0.5) is 0 Å². The van der Waals surface area contributed by atoms with Gasteiger partial charge in [-0.2, -0.15) is 0 Å². The van der Waals surface area contributed by atoms with Crippen LogP contribution in [0.3, 0.4) is 0 Å². The molecule has 2 aromatic rings. The van der Waals surface area contributed by atoms with E-state index in [2.05, 4.69) is 17.4 Å². The zero-order chi connectivity index (χ0) is 14.4. The fourth-order valence-corrected chi connectivity index (χ4v) is 2.20. The predicted octanol–water partition coefficient (Wildman–Crippen LogP) is 3.78. The predicted molar refractivity (Wildman–Crippen MR) is 83.9 cm³/mol. The summed E-state index contributed by atoms with van der Waals surface area (Å²) in [6.07, 6.45) is 0. The summed E-state index contributed by atoms with van der Waals surface area (Å²) in [7, 11) is 0. The van der Waals surface area contributed by atoms with Crippen LogP contribution in [0.15, 0.2) is 54.6 Å². The van der Waals surface area contributed by atoms with Gasteiger partial charge in [-0.1, -0.05) is 68.4 Å². The van der Waals surface area contributed by atoms with E-state index in [4.69, 9.17) is 0 Å². The first-order valence-electron chi connectivity index (χ1n) is 7.12. The maximum Gasteiger partial charge on any atom is 0.166 e. The third-order valence-corrected chi connectivity index (χ3v) is 3.42. The lowest BCUT2D eigenvalue weighted by Gasteiger charge is -2.11. The van der Waals surface area contributed by atoms with Gasteiger partial charge in [-0.25, -0.2) is 0 Å². The molecule has 0 aliphatic rings. The van der Waals surface area contributed by atoms with Crippen molar-refractivity contribution in [1.82, 2.24) is 5.32 Å². The van der Waals surface area contributed by atoms with E-state index in [1.807, 2.05) is 56.3 Å². The molecule has 0 aromatic heterocycles. The third kappa shape index (κ3) is 3.55. The van der Waals surface area contributed by atoms with Crippen molar-refractivity contribution in [2.24, 2.45) is 5.92 Å². The minimum absolute atomic E-state index is 0.0116. The number of hydrogen-bond donors (Lipinski definition) is 1. The number of nitrogens with one attached hydrogen (secondary N) is 1. The van der Waals surface area contributed by atoms with Crippen LogP contribution < -0.4 is 5.32 Å². The monoisotopic (exact) mass is 267 g/mol. The minimum Gasteiger partial charge on any atom is -0.316 e. The van der Waals surface area contributed by atoms with E-state index in [1.54, 1.807) is 0 Å². The van der Waals surface area contributed by atoms with Gasteiger partial charge in [-0.15, -0.1) is 0 Å². The van der Waals surface area contributed by atoms with Crippen molar-refractivity contribution >= 4 is 5.78 Å². The van der Waals surface area contributed by atoms with Gasteiger partial charge in [0.1, 0.15) is 0 Å². The Morgan fingerprint density at radius 2 is 1.60 bits per heavy atom. The highest BCUT2D eigenvalue weighted by Gasteiger charge is 2.14. The maximum absolute atomic E-state index is 12.3. The number of benzene rings is 2. The molecule has 0 aliphatic heterocycles. The van der Waals surface area contributed by atoms with Gasteiger partial charge in [-0.05, 0) is 17.7 Å². The number of rotatable bonds is 6. The van der Waals surface area contributed by atoms with Gasteiger partial charge in [0.2, 0.25) is 0 Å². The van der Waals surface area contributed by atoms with Gasteiger partial charge < -0.3 is 5.32 Å². The number of hydrogen-bond acceptors (Lipinski definition) is 2. The zero-order valence-electron chi connectivity index (χ0n) is 12.1. The van der Waals surface area contributed by atoms with E-state index in [9.17, 15) is 4.79 Å². The van der Waals surface area contributed by atoms with Crippen molar-refractivity contribution in [3.8, 4) is 11.1 Å². The second-order valence-corrected chi connectivity index (χ2v) is 5.02. The topological polar surface area (TPSA) is 29.1 Å². The molecule has 0 fully saturated rings. The smallest absolute Gasteiger partial charge is 0.166 e. The molecule has 20 heavy (non-hydrogen) atoms. The average molecular weight is 267 g/mol. The molecule has 1 unspecified atom stereocenters. The molecular formula is C18H21NO. The van der Waals surface area contributed by atoms with Crippen LogP contribution in [0.2, 0.25) is 0 Å². The molecular weight excluding hydrogens is 246 g/mol. The van der Waals surface area contributed by atoms with Gasteiger partial charge in [0.05, 0.1) is 0 Å². The first-order chi connectivity index (χ1) is 9.72. The fraction of sp³-hybridized carbons (Fsp3) is 0.278.